The lowest BCUT2D eigenvalue weighted by molar-refractivity contribution is -0.136. The van der Waals surface area contributed by atoms with Crippen molar-refractivity contribution in [3.05, 3.63) is 107 Å². The Hall–Kier alpha value is -2.98. The summed E-state index contributed by atoms with van der Waals surface area (Å²) in [5.74, 6) is -0.0755. The number of hydrogen-bond acceptors (Lipinski definition) is 2. The maximum absolute atomic E-state index is 13.2. The van der Waals surface area contributed by atoms with E-state index in [1.807, 2.05) is 17.0 Å². The second kappa shape index (κ2) is 9.68. The van der Waals surface area contributed by atoms with Crippen LogP contribution in [0.25, 0.3) is 0 Å². The minimum absolute atomic E-state index is 0.176. The fourth-order valence-electron chi connectivity index (χ4n) is 4.11. The second-order valence-electron chi connectivity index (χ2n) is 7.97. The van der Waals surface area contributed by atoms with Crippen molar-refractivity contribution in [2.45, 2.75) is 38.5 Å². The lowest BCUT2D eigenvalue weighted by Crippen LogP contribution is -2.49. The number of benzene rings is 3. The van der Waals surface area contributed by atoms with Crippen molar-refractivity contribution < 1.29 is 9.18 Å². The lowest BCUT2D eigenvalue weighted by Gasteiger charge is -2.39. The van der Waals surface area contributed by atoms with Gasteiger partial charge in [-0.15, -0.1) is 0 Å². The van der Waals surface area contributed by atoms with E-state index in [1.165, 1.54) is 23.3 Å². The average molecular weight is 403 g/mol. The summed E-state index contributed by atoms with van der Waals surface area (Å²) in [5, 5.41) is 0. The highest BCUT2D eigenvalue weighted by atomic mass is 19.1. The third kappa shape index (κ3) is 5.33. The topological polar surface area (TPSA) is 23.6 Å². The summed E-state index contributed by atoms with van der Waals surface area (Å²) >= 11 is 0. The largest absolute Gasteiger partial charge is 0.337 e. The van der Waals surface area contributed by atoms with Crippen molar-refractivity contribution >= 4 is 5.91 Å². The van der Waals surface area contributed by atoms with E-state index in [1.54, 1.807) is 12.1 Å². The van der Waals surface area contributed by atoms with Crippen molar-refractivity contribution in [2.75, 3.05) is 6.54 Å². The first-order valence-corrected chi connectivity index (χ1v) is 10.5. The third-order valence-electron chi connectivity index (χ3n) is 5.74. The van der Waals surface area contributed by atoms with Crippen molar-refractivity contribution in [3.63, 3.8) is 0 Å². The van der Waals surface area contributed by atoms with Gasteiger partial charge in [0.25, 0.3) is 0 Å². The molecule has 3 aromatic rings. The van der Waals surface area contributed by atoms with Gasteiger partial charge in [-0.2, -0.15) is 0 Å². The van der Waals surface area contributed by atoms with Crippen LogP contribution in [0.2, 0.25) is 0 Å². The van der Waals surface area contributed by atoms with E-state index in [0.717, 1.165) is 25.1 Å². The first-order valence-electron chi connectivity index (χ1n) is 10.5. The van der Waals surface area contributed by atoms with Crippen LogP contribution in [0.5, 0.6) is 0 Å². The molecule has 154 valence electrons. The third-order valence-corrected chi connectivity index (χ3v) is 5.74. The molecule has 0 saturated carbocycles. The van der Waals surface area contributed by atoms with E-state index in [2.05, 4.69) is 53.4 Å². The number of hydrogen-bond donors (Lipinski definition) is 0. The van der Waals surface area contributed by atoms with Crippen LogP contribution in [0, 0.1) is 5.82 Å². The summed E-state index contributed by atoms with van der Waals surface area (Å²) in [5.41, 5.74) is 3.51. The molecule has 0 aliphatic carbocycles. The number of halogens is 1. The van der Waals surface area contributed by atoms with E-state index < -0.39 is 0 Å². The molecule has 0 spiro atoms. The molecule has 0 N–H and O–H groups in total. The SMILES string of the molecule is O=C1CC[C@H](N(Cc2ccccc2)Cc2ccccc2)CN1Cc1ccc(F)cc1. The van der Waals surface area contributed by atoms with Crippen molar-refractivity contribution in [1.82, 2.24) is 9.80 Å². The highest BCUT2D eigenvalue weighted by Crippen LogP contribution is 2.23. The molecule has 4 rings (SSSR count). The van der Waals surface area contributed by atoms with Crippen LogP contribution >= 0.6 is 0 Å². The molecule has 4 heteroatoms. The van der Waals surface area contributed by atoms with Crippen molar-refractivity contribution in [1.29, 1.82) is 0 Å². The molecule has 1 atom stereocenters. The first-order chi connectivity index (χ1) is 14.7. The van der Waals surface area contributed by atoms with E-state index in [4.69, 9.17) is 0 Å². The zero-order chi connectivity index (χ0) is 20.8. The maximum atomic E-state index is 13.2. The van der Waals surface area contributed by atoms with Gasteiger partial charge in [0, 0.05) is 38.6 Å². The van der Waals surface area contributed by atoms with Gasteiger partial charge in [0.2, 0.25) is 5.91 Å². The van der Waals surface area contributed by atoms with Crippen molar-refractivity contribution in [2.24, 2.45) is 0 Å². The highest BCUT2D eigenvalue weighted by molar-refractivity contribution is 5.77. The molecule has 1 heterocycles. The summed E-state index contributed by atoms with van der Waals surface area (Å²) < 4.78 is 13.2. The molecule has 0 bridgehead atoms. The Kier molecular flexibility index (Phi) is 6.55. The highest BCUT2D eigenvalue weighted by Gasteiger charge is 2.29. The number of likely N-dealkylation sites (tertiary alicyclic amines) is 1. The number of piperidine rings is 1. The molecule has 3 nitrogen and oxygen atoms in total. The number of amides is 1. The lowest BCUT2D eigenvalue weighted by atomic mass is 10.0. The van der Waals surface area contributed by atoms with Gasteiger partial charge in [-0.05, 0) is 35.2 Å². The standard InChI is InChI=1S/C26H27FN2O/c27-24-13-11-23(12-14-24)19-29-20-25(15-16-26(29)30)28(17-21-7-3-1-4-8-21)18-22-9-5-2-6-10-22/h1-14,25H,15-20H2/t25-/m0/s1. The van der Waals surface area contributed by atoms with Gasteiger partial charge in [-0.3, -0.25) is 9.69 Å². The second-order valence-corrected chi connectivity index (χ2v) is 7.97. The van der Waals surface area contributed by atoms with Crippen LogP contribution in [-0.4, -0.2) is 28.3 Å². The Morgan fingerprint density at radius 2 is 1.37 bits per heavy atom. The maximum Gasteiger partial charge on any atom is 0.222 e. The smallest absolute Gasteiger partial charge is 0.222 e. The number of carbonyl (C=O) groups excluding carboxylic acids is 1. The molecule has 0 radical (unpaired) electrons. The van der Waals surface area contributed by atoms with Gasteiger partial charge in [-0.25, -0.2) is 4.39 Å². The van der Waals surface area contributed by atoms with Crippen molar-refractivity contribution in [3.8, 4) is 0 Å². The van der Waals surface area contributed by atoms with Crippen LogP contribution in [0.1, 0.15) is 29.5 Å². The van der Waals surface area contributed by atoms with Crippen LogP contribution in [0.15, 0.2) is 84.9 Å². The van der Waals surface area contributed by atoms with E-state index in [9.17, 15) is 9.18 Å². The molecular formula is C26H27FN2O. The Morgan fingerprint density at radius 3 is 1.93 bits per heavy atom. The first kappa shape index (κ1) is 20.3. The average Bonchev–Trinajstić information content (AvgIpc) is 2.78. The molecule has 30 heavy (non-hydrogen) atoms. The predicted molar refractivity (Wildman–Crippen MR) is 117 cm³/mol. The Labute approximate surface area is 177 Å². The zero-order valence-corrected chi connectivity index (χ0v) is 17.1. The molecule has 1 aliphatic rings. The quantitative estimate of drug-likeness (QED) is 0.554. The Balaban J connectivity index is 1.51. The fourth-order valence-corrected chi connectivity index (χ4v) is 4.11. The molecule has 1 fully saturated rings. The molecular weight excluding hydrogens is 375 g/mol. The molecule has 0 aromatic heterocycles. The predicted octanol–water partition coefficient (Wildman–Crippen LogP) is 5.02. The van der Waals surface area contributed by atoms with Gasteiger partial charge in [0.05, 0.1) is 0 Å². The van der Waals surface area contributed by atoms with Gasteiger partial charge in [0.15, 0.2) is 0 Å². The number of carbonyl (C=O) groups is 1. The van der Waals surface area contributed by atoms with Crippen LogP contribution in [0.3, 0.4) is 0 Å². The van der Waals surface area contributed by atoms with Gasteiger partial charge < -0.3 is 4.90 Å². The number of rotatable bonds is 7. The minimum Gasteiger partial charge on any atom is -0.337 e. The van der Waals surface area contributed by atoms with E-state index in [0.29, 0.717) is 19.5 Å². The molecule has 3 aromatic carbocycles. The van der Waals surface area contributed by atoms with Crippen LogP contribution < -0.4 is 0 Å². The van der Waals surface area contributed by atoms with E-state index >= 15 is 0 Å². The summed E-state index contributed by atoms with van der Waals surface area (Å²) in [6, 6.07) is 27.7. The molecule has 0 unspecified atom stereocenters. The monoisotopic (exact) mass is 402 g/mol. The Bertz CT molecular complexity index is 902. The normalized spacial score (nSPS) is 16.8. The summed E-state index contributed by atoms with van der Waals surface area (Å²) in [4.78, 5) is 17.0. The molecule has 1 aliphatic heterocycles. The Morgan fingerprint density at radius 1 is 0.800 bits per heavy atom. The van der Waals surface area contributed by atoms with Gasteiger partial charge >= 0.3 is 0 Å². The summed E-state index contributed by atoms with van der Waals surface area (Å²) in [6.07, 6.45) is 1.41. The minimum atomic E-state index is -0.251. The fraction of sp³-hybridized carbons (Fsp3) is 0.269. The summed E-state index contributed by atoms with van der Waals surface area (Å²) in [7, 11) is 0. The van der Waals surface area contributed by atoms with Crippen LogP contribution in [-0.2, 0) is 24.4 Å². The van der Waals surface area contributed by atoms with Gasteiger partial charge in [0.1, 0.15) is 5.82 Å². The molecule has 1 saturated heterocycles. The molecule has 1 amide bonds. The van der Waals surface area contributed by atoms with Crippen LogP contribution in [0.4, 0.5) is 4.39 Å². The van der Waals surface area contributed by atoms with Gasteiger partial charge in [-0.1, -0.05) is 72.8 Å². The number of nitrogens with zero attached hydrogens (tertiary/aromatic N) is 2. The summed E-state index contributed by atoms with van der Waals surface area (Å²) in [6.45, 7) is 2.91. The zero-order valence-electron chi connectivity index (χ0n) is 17.1. The van der Waals surface area contributed by atoms with E-state index in [-0.39, 0.29) is 17.8 Å².